The van der Waals surface area contributed by atoms with E-state index in [4.69, 9.17) is 9.47 Å². The molecule has 0 aliphatic carbocycles. The van der Waals surface area contributed by atoms with Gasteiger partial charge in [-0.15, -0.1) is 0 Å². The maximum absolute atomic E-state index is 11.2. The van der Waals surface area contributed by atoms with Gasteiger partial charge in [-0.3, -0.25) is 4.79 Å². The number of hydrogen-bond acceptors (Lipinski definition) is 5. The molecule has 0 amide bonds. The number of ether oxygens (including phenoxy) is 3. The van der Waals surface area contributed by atoms with E-state index in [2.05, 4.69) is 23.5 Å². The van der Waals surface area contributed by atoms with Gasteiger partial charge in [0.05, 0.1) is 26.2 Å². The van der Waals surface area contributed by atoms with Crippen LogP contribution in [-0.2, 0) is 19.0 Å². The molecule has 0 bridgehead atoms. The average molecular weight is 271 g/mol. The fourth-order valence-corrected chi connectivity index (χ4v) is 2.83. The van der Waals surface area contributed by atoms with Crippen LogP contribution >= 0.6 is 0 Å². The van der Waals surface area contributed by atoms with E-state index < -0.39 is 0 Å². The molecule has 2 heterocycles. The molecule has 0 aromatic rings. The molecular formula is C14H25NO4. The minimum atomic E-state index is -0.235. The number of rotatable bonds is 4. The molecule has 2 fully saturated rings. The van der Waals surface area contributed by atoms with Gasteiger partial charge in [0, 0.05) is 18.5 Å². The van der Waals surface area contributed by atoms with Crippen molar-refractivity contribution in [2.75, 3.05) is 26.8 Å². The molecule has 5 heteroatoms. The van der Waals surface area contributed by atoms with Gasteiger partial charge >= 0.3 is 5.97 Å². The summed E-state index contributed by atoms with van der Waals surface area (Å²) in [6, 6.07) is 0.565. The quantitative estimate of drug-likeness (QED) is 0.724. The lowest BCUT2D eigenvalue weighted by molar-refractivity contribution is -0.146. The van der Waals surface area contributed by atoms with Gasteiger partial charge in [-0.1, -0.05) is 0 Å². The van der Waals surface area contributed by atoms with Crippen LogP contribution in [0.3, 0.4) is 0 Å². The summed E-state index contributed by atoms with van der Waals surface area (Å²) in [6.07, 6.45) is 2.31. The summed E-state index contributed by atoms with van der Waals surface area (Å²) in [5, 5.41) is 0. The maximum atomic E-state index is 11.2. The van der Waals surface area contributed by atoms with Crippen LogP contribution in [0.15, 0.2) is 0 Å². The topological polar surface area (TPSA) is 48.0 Å². The Morgan fingerprint density at radius 2 is 2.26 bits per heavy atom. The first-order valence-electron chi connectivity index (χ1n) is 7.18. The predicted octanol–water partition coefficient (Wildman–Crippen LogP) is 1.41. The van der Waals surface area contributed by atoms with Gasteiger partial charge in [0.1, 0.15) is 0 Å². The summed E-state index contributed by atoms with van der Waals surface area (Å²) in [6.45, 7) is 7.12. The van der Waals surface area contributed by atoms with Gasteiger partial charge in [-0.05, 0) is 33.2 Å². The first-order chi connectivity index (χ1) is 9.10. The highest BCUT2D eigenvalue weighted by atomic mass is 16.7. The zero-order valence-corrected chi connectivity index (χ0v) is 12.1. The summed E-state index contributed by atoms with van der Waals surface area (Å²) >= 11 is 0. The molecule has 3 unspecified atom stereocenters. The lowest BCUT2D eigenvalue weighted by Gasteiger charge is -2.37. The van der Waals surface area contributed by atoms with E-state index in [1.54, 1.807) is 0 Å². The van der Waals surface area contributed by atoms with Crippen molar-refractivity contribution >= 4 is 5.97 Å². The van der Waals surface area contributed by atoms with E-state index in [0.29, 0.717) is 18.6 Å². The van der Waals surface area contributed by atoms with Crippen molar-refractivity contribution in [3.63, 3.8) is 0 Å². The molecule has 2 rings (SSSR count). The molecular weight excluding hydrogens is 246 g/mol. The smallest absolute Gasteiger partial charge is 0.308 e. The molecule has 19 heavy (non-hydrogen) atoms. The van der Waals surface area contributed by atoms with Crippen molar-refractivity contribution in [2.45, 2.75) is 51.5 Å². The first kappa shape index (κ1) is 14.8. The molecule has 2 saturated heterocycles. The normalized spacial score (nSPS) is 32.7. The lowest BCUT2D eigenvalue weighted by Crippen LogP contribution is -2.44. The van der Waals surface area contributed by atoms with Crippen LogP contribution in [0.2, 0.25) is 0 Å². The van der Waals surface area contributed by atoms with Crippen LogP contribution in [0.1, 0.15) is 33.1 Å². The van der Waals surface area contributed by atoms with E-state index in [0.717, 1.165) is 19.5 Å². The first-order valence-corrected chi connectivity index (χ1v) is 7.18. The van der Waals surface area contributed by atoms with Gasteiger partial charge in [0.15, 0.2) is 6.29 Å². The maximum Gasteiger partial charge on any atom is 0.308 e. The number of likely N-dealkylation sites (tertiary alicyclic amines) is 1. The zero-order valence-electron chi connectivity index (χ0n) is 12.1. The number of hydrogen-bond donors (Lipinski definition) is 0. The Morgan fingerprint density at radius 3 is 2.95 bits per heavy atom. The van der Waals surface area contributed by atoms with Crippen LogP contribution in [0.25, 0.3) is 0 Å². The fourth-order valence-electron chi connectivity index (χ4n) is 2.83. The Bertz CT molecular complexity index is 308. The van der Waals surface area contributed by atoms with E-state index in [1.807, 2.05) is 0 Å². The molecule has 0 aromatic carbocycles. The molecule has 0 spiro atoms. The SMILES string of the molecule is COC(=O)CC1COC(C2CCCN(C(C)C)C2)O1. The van der Waals surface area contributed by atoms with Crippen LogP contribution in [0.5, 0.6) is 0 Å². The van der Waals surface area contributed by atoms with E-state index >= 15 is 0 Å². The van der Waals surface area contributed by atoms with Crippen LogP contribution in [0.4, 0.5) is 0 Å². The predicted molar refractivity (Wildman–Crippen MR) is 70.7 cm³/mol. The van der Waals surface area contributed by atoms with Gasteiger partial charge in [-0.25, -0.2) is 0 Å². The fraction of sp³-hybridized carbons (Fsp3) is 0.929. The van der Waals surface area contributed by atoms with E-state index in [1.165, 1.54) is 13.5 Å². The third kappa shape index (κ3) is 3.91. The number of methoxy groups -OCH3 is 1. The number of carbonyl (C=O) groups excluding carboxylic acids is 1. The minimum absolute atomic E-state index is 0.146. The summed E-state index contributed by atoms with van der Waals surface area (Å²) < 4.78 is 16.2. The van der Waals surface area contributed by atoms with Crippen molar-refractivity contribution < 1.29 is 19.0 Å². The highest BCUT2D eigenvalue weighted by molar-refractivity contribution is 5.69. The van der Waals surface area contributed by atoms with Gasteiger partial charge in [-0.2, -0.15) is 0 Å². The van der Waals surface area contributed by atoms with Crippen molar-refractivity contribution in [1.29, 1.82) is 0 Å². The molecule has 110 valence electrons. The molecule has 0 saturated carbocycles. The van der Waals surface area contributed by atoms with Crippen LogP contribution in [-0.4, -0.2) is 56.1 Å². The van der Waals surface area contributed by atoms with E-state index in [-0.39, 0.29) is 24.8 Å². The third-order valence-electron chi connectivity index (χ3n) is 4.00. The Labute approximate surface area is 115 Å². The molecule has 2 aliphatic rings. The highest BCUT2D eigenvalue weighted by Gasteiger charge is 2.36. The Balaban J connectivity index is 1.81. The molecule has 5 nitrogen and oxygen atoms in total. The number of piperidine rings is 1. The molecule has 3 atom stereocenters. The number of carbonyl (C=O) groups is 1. The summed E-state index contributed by atoms with van der Waals surface area (Å²) in [5.41, 5.74) is 0. The van der Waals surface area contributed by atoms with Gasteiger partial charge in [0.2, 0.25) is 0 Å². The van der Waals surface area contributed by atoms with Crippen LogP contribution in [0, 0.1) is 5.92 Å². The van der Waals surface area contributed by atoms with Gasteiger partial charge in [0.25, 0.3) is 0 Å². The van der Waals surface area contributed by atoms with Crippen molar-refractivity contribution in [3.05, 3.63) is 0 Å². The largest absolute Gasteiger partial charge is 0.469 e. The lowest BCUT2D eigenvalue weighted by atomic mass is 9.96. The van der Waals surface area contributed by atoms with Gasteiger partial charge < -0.3 is 19.1 Å². The average Bonchev–Trinajstić information content (AvgIpc) is 2.87. The number of esters is 1. The second-order valence-electron chi connectivity index (χ2n) is 5.73. The third-order valence-corrected chi connectivity index (χ3v) is 4.00. The highest BCUT2D eigenvalue weighted by Crippen LogP contribution is 2.28. The second-order valence-corrected chi connectivity index (χ2v) is 5.73. The summed E-state index contributed by atoms with van der Waals surface area (Å²) in [5.74, 6) is 0.181. The standard InChI is InChI=1S/C14H25NO4/c1-10(2)15-6-4-5-11(8-15)14-18-9-12(19-14)7-13(16)17-3/h10-12,14H,4-9H2,1-3H3. The summed E-state index contributed by atoms with van der Waals surface area (Å²) in [4.78, 5) is 13.7. The van der Waals surface area contributed by atoms with Crippen molar-refractivity contribution in [1.82, 2.24) is 4.90 Å². The zero-order chi connectivity index (χ0) is 13.8. The van der Waals surface area contributed by atoms with Crippen LogP contribution < -0.4 is 0 Å². The molecule has 0 radical (unpaired) electrons. The second kappa shape index (κ2) is 6.68. The van der Waals surface area contributed by atoms with Crippen molar-refractivity contribution in [2.24, 2.45) is 5.92 Å². The summed E-state index contributed by atoms with van der Waals surface area (Å²) in [7, 11) is 1.40. The monoisotopic (exact) mass is 271 g/mol. The molecule has 2 aliphatic heterocycles. The minimum Gasteiger partial charge on any atom is -0.469 e. The Hall–Kier alpha value is -0.650. The Morgan fingerprint density at radius 1 is 1.47 bits per heavy atom. The van der Waals surface area contributed by atoms with Crippen molar-refractivity contribution in [3.8, 4) is 0 Å². The molecule has 0 N–H and O–H groups in total. The molecule has 0 aromatic heterocycles. The van der Waals surface area contributed by atoms with E-state index in [9.17, 15) is 4.79 Å². The number of nitrogens with zero attached hydrogens (tertiary/aromatic N) is 1. The Kier molecular flexibility index (Phi) is 5.19.